The molecule has 30 nitrogen and oxygen atoms in total. The van der Waals surface area contributed by atoms with Crippen LogP contribution in [0.1, 0.15) is 103 Å². The highest BCUT2D eigenvalue weighted by Gasteiger charge is 2.42. The van der Waals surface area contributed by atoms with Crippen LogP contribution in [0.3, 0.4) is 0 Å². The maximum Gasteiger partial charge on any atom is 0.340 e. The largest absolute Gasteiger partial charge is 0.458 e. The maximum atomic E-state index is 15.4. The molecule has 0 saturated carbocycles. The lowest BCUT2D eigenvalue weighted by atomic mass is 9.81. The highest BCUT2D eigenvalue weighted by Crippen LogP contribution is 2.45. The molecule has 0 unspecified atom stereocenters. The number of halogens is 1. The van der Waals surface area contributed by atoms with Gasteiger partial charge < -0.3 is 81.7 Å². The number of carbonyl (C=O) groups excluding carboxylic acids is 11. The smallest absolute Gasteiger partial charge is 0.340 e. The number of esters is 1. The van der Waals surface area contributed by atoms with Crippen LogP contribution in [0.15, 0.2) is 59.4 Å². The summed E-state index contributed by atoms with van der Waals surface area (Å²) in [6.45, 7) is -0.314. The average molecular weight is 1290 g/mol. The van der Waals surface area contributed by atoms with Crippen LogP contribution >= 0.6 is 0 Å². The second-order valence-electron chi connectivity index (χ2n) is 23.1. The van der Waals surface area contributed by atoms with Gasteiger partial charge in [-0.1, -0.05) is 36.8 Å². The molecule has 93 heavy (non-hydrogen) atoms. The van der Waals surface area contributed by atoms with E-state index in [-0.39, 0.29) is 68.6 Å². The molecular weight excluding hydrogens is 1220 g/mol. The highest BCUT2D eigenvalue weighted by atomic mass is 19.1. The molecule has 4 aliphatic heterocycles. The standard InChI is InChI=1S/C62H72FN11O19/c1-30-33-12-13-38(53-35-26-74-42(54(35)72-40(52(33)53)21-37(30)63)20-34-36(61(74)89)27-92-62(90)56(34)84)69-49(80)28-91-29-68-47(78)24-67-60(88)41(19-32-9-5-3-6-10-32)71-48(79)25-65-46(77)23-66-59(87)39(70-45(76)11-7-4-8-18-73-50(81)16-17-51(73)82)14-15-44(75)64-22-43-57(85)58(86)55(83)31(2)93-43/h3,5-6,9-10,16-17,20-21,31,38-39,41,43,55-58,83-86H,4,7-8,11-15,18-19,22-29H2,1-2H3,(H,64,75)(H,65,77)(H,66,87)(H,67,88)(H,68,78)(H,69,80)(H,70,76)(H,71,79)/t31-,38+,39+,41+,43+,55-,56+,57+,58+/m1/s1. The summed E-state index contributed by atoms with van der Waals surface area (Å²) in [5.74, 6) is -8.21. The van der Waals surface area contributed by atoms with Crippen LogP contribution in [0, 0.1) is 12.7 Å². The number of imide groups is 1. The van der Waals surface area contributed by atoms with Gasteiger partial charge in [0.2, 0.25) is 47.3 Å². The third-order valence-electron chi connectivity index (χ3n) is 16.8. The summed E-state index contributed by atoms with van der Waals surface area (Å²) in [5, 5.41) is 61.9. The number of aliphatic hydroxyl groups is 4. The van der Waals surface area contributed by atoms with Crippen molar-refractivity contribution in [3.8, 4) is 11.4 Å². The van der Waals surface area contributed by atoms with E-state index < -0.39 is 164 Å². The Labute approximate surface area is 529 Å². The molecule has 0 bridgehead atoms. The SMILES string of the molecule is Cc1c(F)cc2nc3c(c4c2c1CC[C@@H]4NC(=O)COCNC(=O)CNC(=O)[C@H](Cc1ccccc1)NC(=O)CNC(=O)CNC(=O)[C@H](CCC(=O)NC[C@@H]1O[C@H](C)[C@@H](O)[C@H](O)[C@H]1O)NC(=O)CCCCCN1C(=O)C=CC1=O)Cn1c-3cc2c(c1=O)COC(=O)[C@H]2O. The third kappa shape index (κ3) is 16.3. The molecule has 9 atom stereocenters. The van der Waals surface area contributed by atoms with Gasteiger partial charge in [-0.05, 0) is 74.3 Å². The first-order chi connectivity index (χ1) is 44.5. The number of ether oxygens (including phenoxy) is 3. The van der Waals surface area contributed by atoms with E-state index in [1.54, 1.807) is 37.3 Å². The number of pyridine rings is 2. The Morgan fingerprint density at radius 1 is 0.742 bits per heavy atom. The zero-order valence-electron chi connectivity index (χ0n) is 50.8. The number of aromatic nitrogens is 2. The fraction of sp³-hybridized carbons (Fsp3) is 0.468. The fourth-order valence-corrected chi connectivity index (χ4v) is 11.7. The predicted molar refractivity (Wildman–Crippen MR) is 320 cm³/mol. The van der Waals surface area contributed by atoms with Gasteiger partial charge >= 0.3 is 5.97 Å². The van der Waals surface area contributed by atoms with Crippen molar-refractivity contribution in [2.24, 2.45) is 0 Å². The number of aryl methyl sites for hydroxylation is 1. The van der Waals surface area contributed by atoms with Crippen LogP contribution in [0.25, 0.3) is 22.3 Å². The van der Waals surface area contributed by atoms with Crippen LogP contribution in [-0.4, -0.2) is 189 Å². The van der Waals surface area contributed by atoms with E-state index in [0.717, 1.165) is 17.1 Å². The molecule has 496 valence electrons. The molecule has 0 spiro atoms. The third-order valence-corrected chi connectivity index (χ3v) is 16.8. The number of hydrogen-bond acceptors (Lipinski definition) is 20. The van der Waals surface area contributed by atoms with E-state index in [4.69, 9.17) is 19.2 Å². The Morgan fingerprint density at radius 3 is 2.16 bits per heavy atom. The number of fused-ring (bicyclic) bond motifs is 5. The van der Waals surface area contributed by atoms with Crippen molar-refractivity contribution in [2.75, 3.05) is 46.1 Å². The second-order valence-corrected chi connectivity index (χ2v) is 23.1. The van der Waals surface area contributed by atoms with Crippen LogP contribution in [0.2, 0.25) is 0 Å². The fourth-order valence-electron chi connectivity index (χ4n) is 11.7. The Kier molecular flexibility index (Phi) is 22.2. The van der Waals surface area contributed by atoms with Gasteiger partial charge in [0.1, 0.15) is 62.3 Å². The van der Waals surface area contributed by atoms with Crippen molar-refractivity contribution in [1.82, 2.24) is 57.0 Å². The molecule has 6 heterocycles. The van der Waals surface area contributed by atoms with Crippen LogP contribution < -0.4 is 48.1 Å². The van der Waals surface area contributed by atoms with Crippen molar-refractivity contribution in [3.05, 3.63) is 110 Å². The number of rotatable bonds is 28. The topological polar surface area (TPSA) is 431 Å². The van der Waals surface area contributed by atoms with Gasteiger partial charge in [-0.25, -0.2) is 14.2 Å². The van der Waals surface area contributed by atoms with Gasteiger partial charge in [0, 0.05) is 67.1 Å². The van der Waals surface area contributed by atoms with Gasteiger partial charge in [0.15, 0.2) is 6.10 Å². The first kappa shape index (κ1) is 68.0. The van der Waals surface area contributed by atoms with E-state index in [1.165, 1.54) is 23.6 Å². The van der Waals surface area contributed by atoms with E-state index in [1.807, 2.05) is 0 Å². The quantitative estimate of drug-likeness (QED) is 0.0103. The summed E-state index contributed by atoms with van der Waals surface area (Å²) in [5.41, 5.74) is 3.54. The number of carbonyl (C=O) groups is 11. The molecule has 31 heteroatoms. The molecule has 4 aromatic rings. The van der Waals surface area contributed by atoms with Gasteiger partial charge in [-0.3, -0.25) is 57.6 Å². The summed E-state index contributed by atoms with van der Waals surface area (Å²) >= 11 is 0. The molecule has 5 aliphatic rings. The lowest BCUT2D eigenvalue weighted by Crippen LogP contribution is -2.59. The number of aliphatic hydroxyl groups excluding tert-OH is 4. The number of unbranched alkanes of at least 4 members (excludes halogenated alkanes) is 2. The van der Waals surface area contributed by atoms with Crippen molar-refractivity contribution in [3.63, 3.8) is 0 Å². The Hall–Kier alpha value is -9.40. The van der Waals surface area contributed by atoms with Crippen LogP contribution in [0.5, 0.6) is 0 Å². The molecule has 1 aliphatic carbocycles. The Morgan fingerprint density at radius 2 is 1.43 bits per heavy atom. The normalized spacial score (nSPS) is 20.7. The first-order valence-corrected chi connectivity index (χ1v) is 30.3. The van der Waals surface area contributed by atoms with Gasteiger partial charge in [0.05, 0.1) is 60.8 Å². The Balaban J connectivity index is 0.732. The van der Waals surface area contributed by atoms with Crippen LogP contribution in [0.4, 0.5) is 4.39 Å². The zero-order chi connectivity index (χ0) is 66.8. The molecule has 2 aromatic carbocycles. The number of amides is 10. The van der Waals surface area contributed by atoms with Crippen molar-refractivity contribution >= 4 is 75.9 Å². The van der Waals surface area contributed by atoms with Crippen molar-refractivity contribution in [2.45, 2.75) is 140 Å². The molecule has 2 aromatic heterocycles. The van der Waals surface area contributed by atoms with E-state index in [9.17, 15) is 78.0 Å². The number of hydrogen-bond donors (Lipinski definition) is 12. The average Bonchev–Trinajstić information content (AvgIpc) is 1.63. The lowest BCUT2D eigenvalue weighted by molar-refractivity contribution is -0.215. The van der Waals surface area contributed by atoms with E-state index in [0.29, 0.717) is 76.7 Å². The molecule has 9 rings (SSSR count). The van der Waals surface area contributed by atoms with Crippen molar-refractivity contribution < 1.29 is 91.8 Å². The number of benzene rings is 2. The summed E-state index contributed by atoms with van der Waals surface area (Å²) < 4.78 is 32.8. The van der Waals surface area contributed by atoms with E-state index in [2.05, 4.69) is 42.5 Å². The summed E-state index contributed by atoms with van der Waals surface area (Å²) in [7, 11) is 0. The maximum absolute atomic E-state index is 15.4. The molecular formula is C62H72FN11O19. The number of cyclic esters (lactones) is 1. The van der Waals surface area contributed by atoms with Crippen LogP contribution in [-0.2, 0) is 92.9 Å². The van der Waals surface area contributed by atoms with Gasteiger partial charge in [-0.2, -0.15) is 0 Å². The molecule has 12 N–H and O–H groups in total. The molecule has 0 radical (unpaired) electrons. The minimum absolute atomic E-state index is 0.0265. The lowest BCUT2D eigenvalue weighted by Gasteiger charge is -2.39. The summed E-state index contributed by atoms with van der Waals surface area (Å²) in [6.07, 6.45) is -4.68. The second kappa shape index (κ2) is 30.4. The number of nitrogens with one attached hydrogen (secondary N) is 8. The van der Waals surface area contributed by atoms with Gasteiger partial charge in [0.25, 0.3) is 17.4 Å². The number of nitrogens with zero attached hydrogens (tertiary/aromatic N) is 3. The monoisotopic (exact) mass is 1290 g/mol. The summed E-state index contributed by atoms with van der Waals surface area (Å²) in [6, 6.07) is 8.01. The summed E-state index contributed by atoms with van der Waals surface area (Å²) in [4.78, 5) is 161. The molecule has 10 amide bonds. The predicted octanol–water partition coefficient (Wildman–Crippen LogP) is -3.03. The minimum Gasteiger partial charge on any atom is -0.458 e. The Bertz CT molecular complexity index is 3700. The van der Waals surface area contributed by atoms with Crippen molar-refractivity contribution in [1.29, 1.82) is 0 Å². The first-order valence-electron chi connectivity index (χ1n) is 30.3. The molecule has 1 saturated heterocycles. The minimum atomic E-state index is -1.69. The highest BCUT2D eigenvalue weighted by molar-refractivity contribution is 6.12. The molecule has 1 fully saturated rings. The van der Waals surface area contributed by atoms with E-state index >= 15 is 4.39 Å². The zero-order valence-corrected chi connectivity index (χ0v) is 50.8. The van der Waals surface area contributed by atoms with Gasteiger partial charge in [-0.15, -0.1) is 0 Å².